The van der Waals surface area contributed by atoms with Crippen LogP contribution in [-0.4, -0.2) is 66.1 Å². The minimum absolute atomic E-state index is 0.164. The fourth-order valence-electron chi connectivity index (χ4n) is 3.57. The number of imidazole rings is 1. The number of ether oxygens (including phenoxy) is 2. The molecule has 1 N–H and O–H groups in total. The monoisotopic (exact) mass is 398 g/mol. The van der Waals surface area contributed by atoms with Gasteiger partial charge in [0.2, 0.25) is 0 Å². The summed E-state index contributed by atoms with van der Waals surface area (Å²) in [5.41, 5.74) is 2.19. The van der Waals surface area contributed by atoms with Gasteiger partial charge in [0.1, 0.15) is 17.3 Å². The van der Waals surface area contributed by atoms with Gasteiger partial charge in [0.15, 0.2) is 5.82 Å². The van der Waals surface area contributed by atoms with Gasteiger partial charge in [-0.05, 0) is 24.3 Å². The third-order valence-corrected chi connectivity index (χ3v) is 5.19. The second-order valence-corrected chi connectivity index (χ2v) is 6.99. The van der Waals surface area contributed by atoms with Gasteiger partial charge in [-0.15, -0.1) is 0 Å². The van der Waals surface area contributed by atoms with E-state index in [9.17, 15) is 9.18 Å². The predicted molar refractivity (Wildman–Crippen MR) is 107 cm³/mol. The molecule has 0 aliphatic carbocycles. The van der Waals surface area contributed by atoms with Crippen molar-refractivity contribution < 1.29 is 18.7 Å². The maximum absolute atomic E-state index is 13.4. The molecule has 7 nitrogen and oxygen atoms in total. The summed E-state index contributed by atoms with van der Waals surface area (Å²) in [5, 5.41) is 0. The summed E-state index contributed by atoms with van der Waals surface area (Å²) < 4.78 is 24.1. The van der Waals surface area contributed by atoms with E-state index in [1.165, 1.54) is 12.1 Å². The molecule has 1 amide bonds. The van der Waals surface area contributed by atoms with Gasteiger partial charge in [0, 0.05) is 44.4 Å². The highest BCUT2D eigenvalue weighted by molar-refractivity contribution is 5.94. The lowest BCUT2D eigenvalue weighted by molar-refractivity contribution is 0.0617. The first-order chi connectivity index (χ1) is 14.1. The molecule has 1 aliphatic heterocycles. The number of fused-ring (bicyclic) bond motifs is 1. The van der Waals surface area contributed by atoms with Crippen LogP contribution < -0.4 is 9.47 Å². The van der Waals surface area contributed by atoms with Gasteiger partial charge in [-0.1, -0.05) is 6.07 Å². The number of hydrogen-bond acceptors (Lipinski definition) is 5. The van der Waals surface area contributed by atoms with Crippen molar-refractivity contribution in [1.29, 1.82) is 0 Å². The number of rotatable bonds is 5. The van der Waals surface area contributed by atoms with E-state index < -0.39 is 0 Å². The van der Waals surface area contributed by atoms with Crippen LogP contribution in [0.4, 0.5) is 4.39 Å². The van der Waals surface area contributed by atoms with Crippen LogP contribution in [-0.2, 0) is 6.54 Å². The number of aromatic nitrogens is 2. The number of halogens is 1. The number of nitrogens with one attached hydrogen (secondary N) is 1. The predicted octanol–water partition coefficient (Wildman–Crippen LogP) is 2.68. The number of H-pyrrole nitrogens is 1. The van der Waals surface area contributed by atoms with E-state index in [0.29, 0.717) is 24.1 Å². The molecule has 3 aromatic rings. The van der Waals surface area contributed by atoms with E-state index in [1.807, 2.05) is 18.2 Å². The van der Waals surface area contributed by atoms with Crippen molar-refractivity contribution in [2.24, 2.45) is 0 Å². The fraction of sp³-hybridized carbons (Fsp3) is 0.333. The molecule has 0 atom stereocenters. The Morgan fingerprint density at radius 1 is 1.10 bits per heavy atom. The van der Waals surface area contributed by atoms with Crippen molar-refractivity contribution in [3.05, 3.63) is 53.6 Å². The highest BCUT2D eigenvalue weighted by atomic mass is 19.1. The quantitative estimate of drug-likeness (QED) is 0.716. The maximum Gasteiger partial charge on any atom is 0.289 e. The molecule has 2 aromatic carbocycles. The fourth-order valence-corrected chi connectivity index (χ4v) is 3.57. The molecule has 29 heavy (non-hydrogen) atoms. The normalized spacial score (nSPS) is 14.9. The van der Waals surface area contributed by atoms with Gasteiger partial charge in [-0.25, -0.2) is 9.37 Å². The number of nitrogens with zero attached hydrogens (tertiary/aromatic N) is 3. The number of carbonyl (C=O) groups excluding carboxylic acids is 1. The molecule has 4 rings (SSSR count). The molecule has 1 saturated heterocycles. The standard InChI is InChI=1S/C21H23FN4O3/c1-28-16-5-3-14(19(12-16)29-2)13-25-7-9-26(10-8-25)21(27)20-23-17-6-4-15(22)11-18(17)24-20/h3-6,11-12H,7-10,13H2,1-2H3,(H,23,24). The molecule has 2 heterocycles. The van der Waals surface area contributed by atoms with E-state index in [2.05, 4.69) is 14.9 Å². The first-order valence-corrected chi connectivity index (χ1v) is 9.45. The van der Waals surface area contributed by atoms with E-state index in [0.717, 1.165) is 36.7 Å². The molecule has 1 fully saturated rings. The van der Waals surface area contributed by atoms with Crippen LogP contribution in [0.2, 0.25) is 0 Å². The van der Waals surface area contributed by atoms with Gasteiger partial charge < -0.3 is 19.4 Å². The van der Waals surface area contributed by atoms with Gasteiger partial charge in [-0.2, -0.15) is 0 Å². The summed E-state index contributed by atoms with van der Waals surface area (Å²) in [6.07, 6.45) is 0. The minimum Gasteiger partial charge on any atom is -0.497 e. The largest absolute Gasteiger partial charge is 0.497 e. The molecule has 0 unspecified atom stereocenters. The van der Waals surface area contributed by atoms with E-state index in [1.54, 1.807) is 25.2 Å². The summed E-state index contributed by atoms with van der Waals surface area (Å²) in [6, 6.07) is 10.0. The summed E-state index contributed by atoms with van der Waals surface area (Å²) in [5.74, 6) is 1.27. The summed E-state index contributed by atoms with van der Waals surface area (Å²) >= 11 is 0. The van der Waals surface area contributed by atoms with Crippen molar-refractivity contribution in [2.75, 3.05) is 40.4 Å². The SMILES string of the molecule is COc1ccc(CN2CCN(C(=O)c3nc4ccc(F)cc4[nH]3)CC2)c(OC)c1. The Labute approximate surface area is 168 Å². The van der Waals surface area contributed by atoms with Crippen LogP contribution in [0.15, 0.2) is 36.4 Å². The van der Waals surface area contributed by atoms with Gasteiger partial charge >= 0.3 is 0 Å². The highest BCUT2D eigenvalue weighted by Crippen LogP contribution is 2.26. The summed E-state index contributed by atoms with van der Waals surface area (Å²) in [7, 11) is 3.28. The Morgan fingerprint density at radius 3 is 2.62 bits per heavy atom. The smallest absolute Gasteiger partial charge is 0.289 e. The molecule has 0 saturated carbocycles. The van der Waals surface area contributed by atoms with Crippen molar-refractivity contribution >= 4 is 16.9 Å². The molecule has 0 bridgehead atoms. The number of piperazine rings is 1. The Morgan fingerprint density at radius 2 is 1.90 bits per heavy atom. The number of carbonyl (C=O) groups is 1. The second-order valence-electron chi connectivity index (χ2n) is 6.99. The third-order valence-electron chi connectivity index (χ3n) is 5.19. The Hall–Kier alpha value is -3.13. The lowest BCUT2D eigenvalue weighted by atomic mass is 10.1. The Bertz CT molecular complexity index is 1030. The first-order valence-electron chi connectivity index (χ1n) is 9.45. The zero-order valence-electron chi connectivity index (χ0n) is 16.4. The van der Waals surface area contributed by atoms with Crippen LogP contribution in [0, 0.1) is 5.82 Å². The minimum atomic E-state index is -0.359. The van der Waals surface area contributed by atoms with Gasteiger partial charge in [0.25, 0.3) is 5.91 Å². The molecule has 1 aromatic heterocycles. The average molecular weight is 398 g/mol. The molecule has 1 aliphatic rings. The van der Waals surface area contributed by atoms with Crippen molar-refractivity contribution in [2.45, 2.75) is 6.54 Å². The molecule has 0 spiro atoms. The van der Waals surface area contributed by atoms with Crippen LogP contribution in [0.1, 0.15) is 16.2 Å². The maximum atomic E-state index is 13.4. The number of hydrogen-bond donors (Lipinski definition) is 1. The molecular weight excluding hydrogens is 375 g/mol. The topological polar surface area (TPSA) is 70.7 Å². The summed E-state index contributed by atoms with van der Waals surface area (Å²) in [4.78, 5) is 24.1. The molecular formula is C21H23FN4O3. The third kappa shape index (κ3) is 4.02. The van der Waals surface area contributed by atoms with E-state index in [-0.39, 0.29) is 17.5 Å². The van der Waals surface area contributed by atoms with Crippen LogP contribution in [0.3, 0.4) is 0 Å². The van der Waals surface area contributed by atoms with E-state index >= 15 is 0 Å². The van der Waals surface area contributed by atoms with Crippen LogP contribution >= 0.6 is 0 Å². The van der Waals surface area contributed by atoms with Gasteiger partial charge in [0.05, 0.1) is 25.3 Å². The Kier molecular flexibility index (Phi) is 5.35. The van der Waals surface area contributed by atoms with E-state index in [4.69, 9.17) is 9.47 Å². The highest BCUT2D eigenvalue weighted by Gasteiger charge is 2.25. The number of aromatic amines is 1. The summed E-state index contributed by atoms with van der Waals surface area (Å²) in [6.45, 7) is 3.43. The van der Waals surface area contributed by atoms with Gasteiger partial charge in [-0.3, -0.25) is 9.69 Å². The van der Waals surface area contributed by atoms with Crippen molar-refractivity contribution in [3.8, 4) is 11.5 Å². The molecule has 152 valence electrons. The van der Waals surface area contributed by atoms with Crippen LogP contribution in [0.5, 0.6) is 11.5 Å². The second kappa shape index (κ2) is 8.08. The van der Waals surface area contributed by atoms with Crippen molar-refractivity contribution in [1.82, 2.24) is 19.8 Å². The number of benzene rings is 2. The number of methoxy groups -OCH3 is 2. The zero-order valence-corrected chi connectivity index (χ0v) is 16.4. The lowest BCUT2D eigenvalue weighted by Gasteiger charge is -2.34. The average Bonchev–Trinajstić information content (AvgIpc) is 3.17. The lowest BCUT2D eigenvalue weighted by Crippen LogP contribution is -2.48. The number of amides is 1. The molecule has 0 radical (unpaired) electrons. The first kappa shape index (κ1) is 19.2. The van der Waals surface area contributed by atoms with Crippen molar-refractivity contribution in [3.63, 3.8) is 0 Å². The van der Waals surface area contributed by atoms with Crippen LogP contribution in [0.25, 0.3) is 11.0 Å². The zero-order chi connectivity index (χ0) is 20.4. The Balaban J connectivity index is 1.39. The molecule has 8 heteroatoms.